The number of carbonyl (C=O) groups is 5. The topological polar surface area (TPSA) is 188 Å². The van der Waals surface area contributed by atoms with E-state index < -0.39 is 53.8 Å². The first-order valence-electron chi connectivity index (χ1n) is 11.4. The van der Waals surface area contributed by atoms with Crippen molar-refractivity contribution in [2.24, 2.45) is 17.6 Å². The van der Waals surface area contributed by atoms with E-state index in [1.807, 2.05) is 34.0 Å². The van der Waals surface area contributed by atoms with Crippen molar-refractivity contribution >= 4 is 41.4 Å². The SMILES string of the molecule is CSCCC(NC(=O)C(CCC(=O)O)NC(=O)C(N)CC(C)C)C(=O)NC(CC(C)C)C(=O)O. The standard InChI is InChI=1S/C22H40N4O7S/c1-12(2)10-14(23)19(29)24-15(6-7-18(27)28)20(30)25-16(8-9-34-5)21(31)26-17(22(32)33)11-13(3)4/h12-17H,6-11,23H2,1-5H3,(H,24,29)(H,25,30)(H,26,31)(H,27,28)(H,32,33). The van der Waals surface area contributed by atoms with Crippen molar-refractivity contribution < 1.29 is 34.2 Å². The third-order valence-electron chi connectivity index (χ3n) is 4.91. The molecule has 0 aliphatic rings. The smallest absolute Gasteiger partial charge is 0.326 e. The second-order valence-electron chi connectivity index (χ2n) is 9.10. The van der Waals surface area contributed by atoms with Crippen molar-refractivity contribution in [3.05, 3.63) is 0 Å². The van der Waals surface area contributed by atoms with Crippen LogP contribution < -0.4 is 21.7 Å². The number of thioether (sulfide) groups is 1. The molecule has 4 atom stereocenters. The van der Waals surface area contributed by atoms with Gasteiger partial charge in [0.2, 0.25) is 17.7 Å². The quantitative estimate of drug-likeness (QED) is 0.164. The zero-order chi connectivity index (χ0) is 26.4. The van der Waals surface area contributed by atoms with Gasteiger partial charge in [0.1, 0.15) is 18.1 Å². The minimum Gasteiger partial charge on any atom is -0.481 e. The maximum absolute atomic E-state index is 12.9. The minimum atomic E-state index is -1.21. The Morgan fingerprint density at radius 3 is 1.68 bits per heavy atom. The summed E-state index contributed by atoms with van der Waals surface area (Å²) >= 11 is 1.44. The van der Waals surface area contributed by atoms with E-state index in [9.17, 15) is 29.1 Å². The molecule has 0 saturated carbocycles. The Kier molecular flexibility index (Phi) is 15.2. The highest BCUT2D eigenvalue weighted by molar-refractivity contribution is 7.98. The number of hydrogen-bond acceptors (Lipinski definition) is 7. The van der Waals surface area contributed by atoms with E-state index in [2.05, 4.69) is 16.0 Å². The van der Waals surface area contributed by atoms with Gasteiger partial charge in [-0.25, -0.2) is 4.79 Å². The number of carboxylic acid groups (broad SMARTS) is 2. The number of hydrogen-bond donors (Lipinski definition) is 6. The highest BCUT2D eigenvalue weighted by Gasteiger charge is 2.30. The van der Waals surface area contributed by atoms with Gasteiger partial charge in [-0.15, -0.1) is 0 Å². The van der Waals surface area contributed by atoms with Gasteiger partial charge < -0.3 is 31.9 Å². The van der Waals surface area contributed by atoms with E-state index in [-0.39, 0.29) is 37.5 Å². The van der Waals surface area contributed by atoms with Crippen molar-refractivity contribution in [2.45, 2.75) is 84.0 Å². The molecule has 0 saturated heterocycles. The van der Waals surface area contributed by atoms with Crippen LogP contribution in [0.1, 0.15) is 59.8 Å². The first-order valence-corrected chi connectivity index (χ1v) is 12.8. The maximum Gasteiger partial charge on any atom is 0.326 e. The largest absolute Gasteiger partial charge is 0.481 e. The third kappa shape index (κ3) is 13.4. The van der Waals surface area contributed by atoms with Crippen LogP contribution in [0.2, 0.25) is 0 Å². The van der Waals surface area contributed by atoms with E-state index in [0.717, 1.165) is 0 Å². The van der Waals surface area contributed by atoms with Crippen molar-refractivity contribution in [3.8, 4) is 0 Å². The number of carbonyl (C=O) groups excluding carboxylic acids is 3. The van der Waals surface area contributed by atoms with E-state index in [4.69, 9.17) is 10.8 Å². The molecule has 0 bridgehead atoms. The molecule has 0 aromatic heterocycles. The van der Waals surface area contributed by atoms with Gasteiger partial charge in [0.05, 0.1) is 6.04 Å². The highest BCUT2D eigenvalue weighted by Crippen LogP contribution is 2.09. The molecular formula is C22H40N4O7S. The summed E-state index contributed by atoms with van der Waals surface area (Å²) in [6, 6.07) is -4.25. The van der Waals surface area contributed by atoms with Crippen molar-refractivity contribution in [3.63, 3.8) is 0 Å². The number of amides is 3. The van der Waals surface area contributed by atoms with Gasteiger partial charge in [-0.1, -0.05) is 27.7 Å². The van der Waals surface area contributed by atoms with Crippen LogP contribution >= 0.6 is 11.8 Å². The predicted octanol–water partition coefficient (Wildman–Crippen LogP) is 0.563. The molecule has 4 unspecified atom stereocenters. The van der Waals surface area contributed by atoms with Crippen LogP contribution in [0.15, 0.2) is 0 Å². The summed E-state index contributed by atoms with van der Waals surface area (Å²) in [5.74, 6) is -3.64. The van der Waals surface area contributed by atoms with Gasteiger partial charge in [-0.3, -0.25) is 19.2 Å². The molecule has 0 radical (unpaired) electrons. The Hall–Kier alpha value is -2.34. The van der Waals surface area contributed by atoms with Gasteiger partial charge in [0.15, 0.2) is 0 Å². The predicted molar refractivity (Wildman–Crippen MR) is 130 cm³/mol. The van der Waals surface area contributed by atoms with Gasteiger partial charge >= 0.3 is 11.9 Å². The molecule has 0 fully saturated rings. The second kappa shape index (κ2) is 16.3. The number of aliphatic carboxylic acids is 2. The van der Waals surface area contributed by atoms with Gasteiger partial charge in [0, 0.05) is 6.42 Å². The lowest BCUT2D eigenvalue weighted by Crippen LogP contribution is -2.57. The first kappa shape index (κ1) is 31.7. The van der Waals surface area contributed by atoms with E-state index in [0.29, 0.717) is 12.2 Å². The summed E-state index contributed by atoms with van der Waals surface area (Å²) < 4.78 is 0. The zero-order valence-electron chi connectivity index (χ0n) is 20.6. The fourth-order valence-electron chi connectivity index (χ4n) is 3.17. The Morgan fingerprint density at radius 2 is 1.24 bits per heavy atom. The fourth-order valence-corrected chi connectivity index (χ4v) is 3.64. The second-order valence-corrected chi connectivity index (χ2v) is 10.1. The zero-order valence-corrected chi connectivity index (χ0v) is 21.4. The molecule has 0 spiro atoms. The summed E-state index contributed by atoms with van der Waals surface area (Å²) in [6.45, 7) is 7.43. The third-order valence-corrected chi connectivity index (χ3v) is 5.55. The maximum atomic E-state index is 12.9. The Balaban J connectivity index is 5.52. The molecule has 0 rings (SSSR count). The summed E-state index contributed by atoms with van der Waals surface area (Å²) in [6.07, 6.45) is 2.07. The Bertz CT molecular complexity index is 703. The monoisotopic (exact) mass is 504 g/mol. The molecular weight excluding hydrogens is 464 g/mol. The molecule has 0 aliphatic carbocycles. The van der Waals surface area contributed by atoms with Crippen LogP contribution in [0.3, 0.4) is 0 Å². The van der Waals surface area contributed by atoms with Crippen LogP contribution in [0.25, 0.3) is 0 Å². The van der Waals surface area contributed by atoms with Crippen LogP contribution in [0, 0.1) is 11.8 Å². The summed E-state index contributed by atoms with van der Waals surface area (Å²) in [7, 11) is 0. The first-order chi connectivity index (χ1) is 15.8. The minimum absolute atomic E-state index is 0.0197. The van der Waals surface area contributed by atoms with Crippen LogP contribution in [-0.4, -0.2) is 76.0 Å². The number of rotatable bonds is 17. The Morgan fingerprint density at radius 1 is 0.765 bits per heavy atom. The molecule has 3 amide bonds. The van der Waals surface area contributed by atoms with E-state index in [1.54, 1.807) is 0 Å². The molecule has 11 nitrogen and oxygen atoms in total. The van der Waals surface area contributed by atoms with Crippen LogP contribution in [0.5, 0.6) is 0 Å². The lowest BCUT2D eigenvalue weighted by atomic mass is 10.0. The lowest BCUT2D eigenvalue weighted by molar-refractivity contribution is -0.142. The molecule has 0 heterocycles. The van der Waals surface area contributed by atoms with E-state index >= 15 is 0 Å². The number of nitrogens with two attached hydrogens (primary N) is 1. The van der Waals surface area contributed by atoms with Crippen molar-refractivity contribution in [1.29, 1.82) is 0 Å². The fraction of sp³-hybridized carbons (Fsp3) is 0.773. The van der Waals surface area contributed by atoms with Crippen molar-refractivity contribution in [1.82, 2.24) is 16.0 Å². The summed E-state index contributed by atoms with van der Waals surface area (Å²) in [4.78, 5) is 60.8. The highest BCUT2D eigenvalue weighted by atomic mass is 32.2. The number of carboxylic acids is 2. The Labute approximate surface area is 205 Å². The van der Waals surface area contributed by atoms with Gasteiger partial charge in [-0.05, 0) is 49.5 Å². The average Bonchev–Trinajstić information content (AvgIpc) is 2.71. The molecule has 7 N–H and O–H groups in total. The average molecular weight is 505 g/mol. The number of nitrogens with one attached hydrogen (secondary N) is 3. The summed E-state index contributed by atoms with van der Waals surface area (Å²) in [5, 5.41) is 26.0. The molecule has 0 aromatic carbocycles. The lowest BCUT2D eigenvalue weighted by Gasteiger charge is -2.25. The molecule has 34 heavy (non-hydrogen) atoms. The summed E-state index contributed by atoms with van der Waals surface area (Å²) in [5.41, 5.74) is 5.88. The van der Waals surface area contributed by atoms with Gasteiger partial charge in [-0.2, -0.15) is 11.8 Å². The molecule has 12 heteroatoms. The van der Waals surface area contributed by atoms with E-state index in [1.165, 1.54) is 11.8 Å². The van der Waals surface area contributed by atoms with Crippen molar-refractivity contribution in [2.75, 3.05) is 12.0 Å². The molecule has 196 valence electrons. The normalized spacial score (nSPS) is 14.7. The molecule has 0 aromatic rings. The molecule has 0 aliphatic heterocycles. The van der Waals surface area contributed by atoms with Gasteiger partial charge in [0.25, 0.3) is 0 Å². The van der Waals surface area contributed by atoms with Crippen LogP contribution in [-0.2, 0) is 24.0 Å². The van der Waals surface area contributed by atoms with Crippen LogP contribution in [0.4, 0.5) is 0 Å².